The zero-order valence-corrected chi connectivity index (χ0v) is 12.9. The van der Waals surface area contributed by atoms with Gasteiger partial charge in [-0.25, -0.2) is 0 Å². The first-order chi connectivity index (χ1) is 11.2. The van der Waals surface area contributed by atoms with E-state index in [0.29, 0.717) is 10.5 Å². The van der Waals surface area contributed by atoms with Gasteiger partial charge in [0.2, 0.25) is 5.88 Å². The number of H-pyrrole nitrogens is 1. The summed E-state index contributed by atoms with van der Waals surface area (Å²) in [5, 5.41) is 10.5. The molecule has 0 unspecified atom stereocenters. The highest BCUT2D eigenvalue weighted by atomic mass is 32.1. The lowest BCUT2D eigenvalue weighted by Crippen LogP contribution is -1.92. The number of aliphatic imine (C=N–C) groups is 1. The molecule has 1 aromatic heterocycles. The molecule has 1 aliphatic rings. The normalized spacial score (nSPS) is 14.3. The number of aromatic hydroxyl groups is 1. The van der Waals surface area contributed by atoms with Crippen molar-refractivity contribution >= 4 is 35.8 Å². The second-order valence-electron chi connectivity index (χ2n) is 5.21. The lowest BCUT2D eigenvalue weighted by Gasteiger charge is -2.03. The summed E-state index contributed by atoms with van der Waals surface area (Å²) >= 11 is 5.35. The number of benzene rings is 2. The van der Waals surface area contributed by atoms with Gasteiger partial charge in [0.25, 0.3) is 0 Å². The minimum Gasteiger partial charge on any atom is -0.493 e. The smallest absolute Gasteiger partial charge is 0.222 e. The van der Waals surface area contributed by atoms with E-state index < -0.39 is 0 Å². The van der Waals surface area contributed by atoms with Gasteiger partial charge < -0.3 is 10.1 Å². The third-order valence-corrected chi connectivity index (χ3v) is 4.05. The Hall–Kier alpha value is -2.92. The van der Waals surface area contributed by atoms with Crippen molar-refractivity contribution in [2.75, 3.05) is 0 Å². The van der Waals surface area contributed by atoms with Crippen LogP contribution < -0.4 is 0 Å². The Kier molecular flexibility index (Phi) is 3.20. The van der Waals surface area contributed by atoms with Crippen LogP contribution in [-0.4, -0.2) is 20.9 Å². The highest BCUT2D eigenvalue weighted by Gasteiger charge is 2.15. The molecular weight excluding hydrogens is 306 g/mol. The fraction of sp³-hybridized carbons (Fsp3) is 0. The third-order valence-electron chi connectivity index (χ3n) is 3.77. The Bertz CT molecular complexity index is 997. The molecule has 0 atom stereocenters. The number of hydrogen-bond donors (Lipinski definition) is 2. The maximum atomic E-state index is 10.5. The van der Waals surface area contributed by atoms with Crippen LogP contribution in [0, 0.1) is 4.77 Å². The molecule has 0 amide bonds. The van der Waals surface area contributed by atoms with Crippen LogP contribution in [-0.2, 0) is 0 Å². The fourth-order valence-corrected chi connectivity index (χ4v) is 2.97. The van der Waals surface area contributed by atoms with Crippen molar-refractivity contribution in [2.24, 2.45) is 4.99 Å². The van der Waals surface area contributed by atoms with E-state index in [2.05, 4.69) is 9.98 Å². The predicted octanol–water partition coefficient (Wildman–Crippen LogP) is 4.50. The van der Waals surface area contributed by atoms with Crippen LogP contribution in [0.5, 0.6) is 5.88 Å². The number of hydrogen-bond acceptors (Lipinski definition) is 3. The van der Waals surface area contributed by atoms with Gasteiger partial charge in [-0.2, -0.15) is 0 Å². The van der Waals surface area contributed by atoms with Crippen molar-refractivity contribution in [2.45, 2.75) is 0 Å². The van der Waals surface area contributed by atoms with Gasteiger partial charge in [-0.3, -0.25) is 9.56 Å². The molecule has 112 valence electrons. The largest absolute Gasteiger partial charge is 0.493 e. The standard InChI is InChI=1S/C18H13N3OS/c22-17-16(10-12-11-19-15-9-5-4-8-14(12)15)20-18(23)21(17)13-6-2-1-3-7-13/h1-11,22H,(H,20,23)/b12-10-. The molecule has 4 nitrogen and oxygen atoms in total. The fourth-order valence-electron chi connectivity index (χ4n) is 2.67. The van der Waals surface area contributed by atoms with Crippen LogP contribution in [0.3, 0.4) is 0 Å². The van der Waals surface area contributed by atoms with Crippen molar-refractivity contribution in [3.05, 3.63) is 70.6 Å². The van der Waals surface area contributed by atoms with Gasteiger partial charge in [0, 0.05) is 17.4 Å². The van der Waals surface area contributed by atoms with Gasteiger partial charge in [-0.15, -0.1) is 0 Å². The predicted molar refractivity (Wildman–Crippen MR) is 95.1 cm³/mol. The topological polar surface area (TPSA) is 53.3 Å². The van der Waals surface area contributed by atoms with Crippen molar-refractivity contribution < 1.29 is 5.11 Å². The van der Waals surface area contributed by atoms with Crippen LogP contribution in [0.1, 0.15) is 11.3 Å². The molecule has 0 aliphatic carbocycles. The number of allylic oxidation sites excluding steroid dienone is 1. The lowest BCUT2D eigenvalue weighted by atomic mass is 10.1. The molecule has 0 spiro atoms. The summed E-state index contributed by atoms with van der Waals surface area (Å²) in [5.41, 5.74) is 4.29. The minimum atomic E-state index is 0.0893. The van der Waals surface area contributed by atoms with E-state index in [1.54, 1.807) is 10.8 Å². The number of nitrogens with one attached hydrogen (secondary N) is 1. The number of para-hydroxylation sites is 2. The van der Waals surface area contributed by atoms with Crippen LogP contribution >= 0.6 is 12.2 Å². The molecule has 1 aliphatic heterocycles. The summed E-state index contributed by atoms with van der Waals surface area (Å²) in [6, 6.07) is 17.4. The molecule has 0 saturated carbocycles. The van der Waals surface area contributed by atoms with E-state index in [1.165, 1.54) is 0 Å². The summed E-state index contributed by atoms with van der Waals surface area (Å²) < 4.78 is 2.06. The Morgan fingerprint density at radius 1 is 1.04 bits per heavy atom. The van der Waals surface area contributed by atoms with Crippen LogP contribution in [0.2, 0.25) is 0 Å². The van der Waals surface area contributed by atoms with Gasteiger partial charge in [-0.1, -0.05) is 36.4 Å². The number of aromatic nitrogens is 2. The molecule has 5 heteroatoms. The average Bonchev–Trinajstić information content (AvgIpc) is 3.10. The molecule has 23 heavy (non-hydrogen) atoms. The van der Waals surface area contributed by atoms with Crippen molar-refractivity contribution in [1.82, 2.24) is 9.55 Å². The number of nitrogens with zero attached hydrogens (tertiary/aromatic N) is 2. The highest BCUT2D eigenvalue weighted by Crippen LogP contribution is 2.33. The van der Waals surface area contributed by atoms with E-state index in [1.807, 2.05) is 60.7 Å². The van der Waals surface area contributed by atoms with Gasteiger partial charge in [0.05, 0.1) is 11.4 Å². The van der Waals surface area contributed by atoms with Crippen molar-refractivity contribution in [3.8, 4) is 11.6 Å². The third kappa shape index (κ3) is 2.31. The molecule has 2 aromatic carbocycles. The molecule has 0 radical (unpaired) electrons. The number of aromatic amines is 1. The van der Waals surface area contributed by atoms with E-state index in [-0.39, 0.29) is 5.88 Å². The van der Waals surface area contributed by atoms with Gasteiger partial charge >= 0.3 is 0 Å². The van der Waals surface area contributed by atoms with Gasteiger partial charge in [0.1, 0.15) is 5.69 Å². The van der Waals surface area contributed by atoms with E-state index in [4.69, 9.17) is 12.2 Å². The zero-order chi connectivity index (χ0) is 15.8. The Morgan fingerprint density at radius 3 is 2.61 bits per heavy atom. The molecular formula is C18H13N3OS. The Labute approximate surface area is 138 Å². The average molecular weight is 319 g/mol. The first kappa shape index (κ1) is 13.7. The molecule has 3 aromatic rings. The highest BCUT2D eigenvalue weighted by molar-refractivity contribution is 7.71. The minimum absolute atomic E-state index is 0.0893. The molecule has 0 bridgehead atoms. The molecule has 4 rings (SSSR count). The summed E-state index contributed by atoms with van der Waals surface area (Å²) in [6.45, 7) is 0. The maximum absolute atomic E-state index is 10.5. The van der Waals surface area contributed by atoms with E-state index in [0.717, 1.165) is 22.5 Å². The Balaban J connectivity index is 1.83. The number of imidazole rings is 1. The first-order valence-electron chi connectivity index (χ1n) is 7.18. The van der Waals surface area contributed by atoms with Crippen molar-refractivity contribution in [3.63, 3.8) is 0 Å². The van der Waals surface area contributed by atoms with E-state index >= 15 is 0 Å². The van der Waals surface area contributed by atoms with Crippen molar-refractivity contribution in [1.29, 1.82) is 0 Å². The monoisotopic (exact) mass is 319 g/mol. The van der Waals surface area contributed by atoms with Crippen LogP contribution in [0.4, 0.5) is 5.69 Å². The SMILES string of the molecule is Oc1c(/C=C2/C=Nc3ccccc32)[nH]c(=S)n1-c1ccccc1. The summed E-state index contributed by atoms with van der Waals surface area (Å²) in [5.74, 6) is 0.0893. The molecule has 2 N–H and O–H groups in total. The second kappa shape index (κ2) is 5.37. The summed E-state index contributed by atoms with van der Waals surface area (Å²) in [4.78, 5) is 7.43. The van der Waals surface area contributed by atoms with Gasteiger partial charge in [-0.05, 0) is 36.5 Å². The zero-order valence-electron chi connectivity index (χ0n) is 12.1. The number of fused-ring (bicyclic) bond motifs is 1. The molecule has 2 heterocycles. The first-order valence-corrected chi connectivity index (χ1v) is 7.59. The number of rotatable bonds is 2. The Morgan fingerprint density at radius 2 is 1.78 bits per heavy atom. The molecule has 0 saturated heterocycles. The summed E-state index contributed by atoms with van der Waals surface area (Å²) in [7, 11) is 0. The van der Waals surface area contributed by atoms with Crippen LogP contribution in [0.25, 0.3) is 17.3 Å². The summed E-state index contributed by atoms with van der Waals surface area (Å²) in [6.07, 6.45) is 3.65. The lowest BCUT2D eigenvalue weighted by molar-refractivity contribution is 0.441. The quantitative estimate of drug-likeness (QED) is 0.683. The van der Waals surface area contributed by atoms with Crippen LogP contribution in [0.15, 0.2) is 59.6 Å². The maximum Gasteiger partial charge on any atom is 0.222 e. The van der Waals surface area contributed by atoms with Gasteiger partial charge in [0.15, 0.2) is 4.77 Å². The second-order valence-corrected chi connectivity index (χ2v) is 5.60. The molecule has 0 fully saturated rings. The van der Waals surface area contributed by atoms with E-state index in [9.17, 15) is 5.11 Å².